The van der Waals surface area contributed by atoms with Crippen LogP contribution in [0.5, 0.6) is 0 Å². The smallest absolute Gasteiger partial charge is 0.193 e. The van der Waals surface area contributed by atoms with Crippen molar-refractivity contribution in [3.8, 4) is 0 Å². The van der Waals surface area contributed by atoms with Crippen LogP contribution in [0.1, 0.15) is 36.1 Å². The Labute approximate surface area is 191 Å². The predicted molar refractivity (Wildman–Crippen MR) is 132 cm³/mol. The number of rotatable bonds is 5. The molecule has 1 fully saturated rings. The van der Waals surface area contributed by atoms with Gasteiger partial charge in [-0.1, -0.05) is 30.3 Å². The zero-order valence-corrected chi connectivity index (χ0v) is 20.1. The number of nitrogens with two attached hydrogens (primary N) is 1. The van der Waals surface area contributed by atoms with Crippen LogP contribution in [-0.4, -0.2) is 36.2 Å². The third kappa shape index (κ3) is 7.28. The highest BCUT2D eigenvalue weighted by atomic mass is 127. The van der Waals surface area contributed by atoms with Gasteiger partial charge in [0, 0.05) is 25.3 Å². The Morgan fingerprint density at radius 2 is 1.66 bits per heavy atom. The fourth-order valence-electron chi connectivity index (χ4n) is 3.60. The fourth-order valence-corrected chi connectivity index (χ4v) is 3.60. The SMILES string of the molecule is Cc1ccc(NC(N)=NCc2ccc(CN3CC(C)OC(C)C3)cc2)cc1C.I. The average Bonchev–Trinajstić information content (AvgIpc) is 2.63. The summed E-state index contributed by atoms with van der Waals surface area (Å²) in [5.74, 6) is 0.434. The minimum absolute atomic E-state index is 0. The molecule has 2 atom stereocenters. The summed E-state index contributed by atoms with van der Waals surface area (Å²) in [5.41, 5.74) is 12.0. The van der Waals surface area contributed by atoms with E-state index in [2.05, 4.69) is 79.3 Å². The topological polar surface area (TPSA) is 62.9 Å². The molecule has 5 nitrogen and oxygen atoms in total. The number of ether oxygens (including phenoxy) is 1. The standard InChI is InChI=1S/C23H32N4O.HI/c1-16-5-10-22(11-17(16)2)26-23(24)25-12-20-6-8-21(9-7-20)15-27-13-18(3)28-19(4)14-27;/h5-11,18-19H,12-15H2,1-4H3,(H3,24,25,26);1H. The lowest BCUT2D eigenvalue weighted by molar-refractivity contribution is -0.0704. The fraction of sp³-hybridized carbons (Fsp3) is 0.435. The van der Waals surface area contributed by atoms with Gasteiger partial charge in [-0.2, -0.15) is 0 Å². The van der Waals surface area contributed by atoms with E-state index in [1.807, 2.05) is 6.07 Å². The van der Waals surface area contributed by atoms with Gasteiger partial charge in [0.25, 0.3) is 0 Å². The second-order valence-electron chi connectivity index (χ2n) is 7.89. The van der Waals surface area contributed by atoms with Gasteiger partial charge >= 0.3 is 0 Å². The maximum atomic E-state index is 6.04. The molecule has 1 aliphatic heterocycles. The van der Waals surface area contributed by atoms with Crippen LogP contribution in [0, 0.1) is 13.8 Å². The highest BCUT2D eigenvalue weighted by Gasteiger charge is 2.21. The van der Waals surface area contributed by atoms with Gasteiger partial charge in [0.15, 0.2) is 5.96 Å². The van der Waals surface area contributed by atoms with E-state index in [-0.39, 0.29) is 24.0 Å². The van der Waals surface area contributed by atoms with Crippen molar-refractivity contribution in [3.05, 3.63) is 64.7 Å². The molecule has 0 bridgehead atoms. The maximum absolute atomic E-state index is 6.04. The van der Waals surface area contributed by atoms with Gasteiger partial charge < -0.3 is 15.8 Å². The van der Waals surface area contributed by atoms with Gasteiger partial charge in [-0.15, -0.1) is 24.0 Å². The number of nitrogens with one attached hydrogen (secondary N) is 1. The molecule has 1 saturated heterocycles. The molecular formula is C23H33IN4O. The van der Waals surface area contributed by atoms with Crippen molar-refractivity contribution in [2.45, 2.75) is 53.0 Å². The lowest BCUT2D eigenvalue weighted by Crippen LogP contribution is -2.44. The van der Waals surface area contributed by atoms with Gasteiger partial charge in [0.2, 0.25) is 0 Å². The van der Waals surface area contributed by atoms with E-state index in [4.69, 9.17) is 10.5 Å². The summed E-state index contributed by atoms with van der Waals surface area (Å²) >= 11 is 0. The molecule has 0 amide bonds. The van der Waals surface area contributed by atoms with Crippen LogP contribution in [0.25, 0.3) is 0 Å². The van der Waals surface area contributed by atoms with Gasteiger partial charge in [0.1, 0.15) is 0 Å². The highest BCUT2D eigenvalue weighted by molar-refractivity contribution is 14.0. The van der Waals surface area contributed by atoms with E-state index in [1.54, 1.807) is 0 Å². The third-order valence-electron chi connectivity index (χ3n) is 5.14. The lowest BCUT2D eigenvalue weighted by Gasteiger charge is -2.35. The van der Waals surface area contributed by atoms with Crippen LogP contribution in [0.3, 0.4) is 0 Å². The molecule has 2 aromatic carbocycles. The zero-order valence-electron chi connectivity index (χ0n) is 17.8. The second kappa shape index (κ2) is 10.9. The highest BCUT2D eigenvalue weighted by Crippen LogP contribution is 2.16. The summed E-state index contributed by atoms with van der Waals surface area (Å²) in [7, 11) is 0. The first kappa shape index (κ1) is 23.6. The normalized spacial score (nSPS) is 20.2. The molecule has 0 spiro atoms. The van der Waals surface area contributed by atoms with Crippen LogP contribution in [0.4, 0.5) is 5.69 Å². The quantitative estimate of drug-likeness (QED) is 0.356. The van der Waals surface area contributed by atoms with Crippen molar-refractivity contribution >= 4 is 35.6 Å². The number of halogens is 1. The molecule has 3 rings (SSSR count). The first-order valence-corrected chi connectivity index (χ1v) is 9.99. The Balaban J connectivity index is 0.00000300. The molecule has 1 aliphatic rings. The number of hydrogen-bond donors (Lipinski definition) is 2. The summed E-state index contributed by atoms with van der Waals surface area (Å²) in [6.45, 7) is 12.0. The van der Waals surface area contributed by atoms with Crippen molar-refractivity contribution in [2.75, 3.05) is 18.4 Å². The monoisotopic (exact) mass is 508 g/mol. The van der Waals surface area contributed by atoms with Crippen molar-refractivity contribution in [1.29, 1.82) is 0 Å². The van der Waals surface area contributed by atoms with Gasteiger partial charge in [-0.25, -0.2) is 4.99 Å². The molecule has 1 heterocycles. The number of aryl methyl sites for hydroxylation is 2. The number of benzene rings is 2. The number of nitrogens with zero attached hydrogens (tertiary/aromatic N) is 2. The molecule has 29 heavy (non-hydrogen) atoms. The summed E-state index contributed by atoms with van der Waals surface area (Å²) in [5, 5.41) is 3.16. The van der Waals surface area contributed by atoms with E-state index in [1.165, 1.54) is 16.7 Å². The molecule has 6 heteroatoms. The second-order valence-corrected chi connectivity index (χ2v) is 7.89. The first-order chi connectivity index (χ1) is 13.4. The molecule has 0 radical (unpaired) electrons. The van der Waals surface area contributed by atoms with Crippen LogP contribution >= 0.6 is 24.0 Å². The van der Waals surface area contributed by atoms with Crippen molar-refractivity contribution in [1.82, 2.24) is 4.90 Å². The summed E-state index contributed by atoms with van der Waals surface area (Å²) < 4.78 is 5.81. The maximum Gasteiger partial charge on any atom is 0.193 e. The summed E-state index contributed by atoms with van der Waals surface area (Å²) in [6, 6.07) is 14.8. The lowest BCUT2D eigenvalue weighted by atomic mass is 10.1. The number of guanidine groups is 1. The molecule has 158 valence electrons. The molecule has 0 aliphatic carbocycles. The summed E-state index contributed by atoms with van der Waals surface area (Å²) in [4.78, 5) is 6.92. The number of aliphatic imine (C=N–C) groups is 1. The molecule has 0 saturated carbocycles. The Morgan fingerprint density at radius 1 is 1.03 bits per heavy atom. The summed E-state index contributed by atoms with van der Waals surface area (Å²) in [6.07, 6.45) is 0.593. The van der Waals surface area contributed by atoms with Crippen molar-refractivity contribution in [2.24, 2.45) is 10.7 Å². The zero-order chi connectivity index (χ0) is 20.1. The van der Waals surface area contributed by atoms with E-state index < -0.39 is 0 Å². The first-order valence-electron chi connectivity index (χ1n) is 9.99. The Morgan fingerprint density at radius 3 is 2.28 bits per heavy atom. The largest absolute Gasteiger partial charge is 0.373 e. The number of morpholine rings is 1. The predicted octanol–water partition coefficient (Wildman–Crippen LogP) is 4.46. The number of anilines is 1. The molecule has 0 aromatic heterocycles. The molecule has 2 aromatic rings. The van der Waals surface area contributed by atoms with Gasteiger partial charge in [-0.05, 0) is 62.1 Å². The number of hydrogen-bond acceptors (Lipinski definition) is 3. The van der Waals surface area contributed by atoms with E-state index in [9.17, 15) is 0 Å². The van der Waals surface area contributed by atoms with Crippen molar-refractivity contribution < 1.29 is 4.74 Å². The molecule has 3 N–H and O–H groups in total. The Kier molecular flexibility index (Phi) is 8.92. The van der Waals surface area contributed by atoms with Gasteiger partial charge in [-0.3, -0.25) is 4.90 Å². The minimum Gasteiger partial charge on any atom is -0.373 e. The third-order valence-corrected chi connectivity index (χ3v) is 5.14. The van der Waals surface area contributed by atoms with Crippen LogP contribution in [0.15, 0.2) is 47.5 Å². The molecular weight excluding hydrogens is 475 g/mol. The van der Waals surface area contributed by atoms with Crippen molar-refractivity contribution in [3.63, 3.8) is 0 Å². The molecule has 2 unspecified atom stereocenters. The minimum atomic E-state index is 0. The van der Waals surface area contributed by atoms with Crippen LogP contribution in [-0.2, 0) is 17.8 Å². The Hall–Kier alpha value is -1.64. The van der Waals surface area contributed by atoms with Crippen LogP contribution < -0.4 is 11.1 Å². The van der Waals surface area contributed by atoms with Crippen LogP contribution in [0.2, 0.25) is 0 Å². The Bertz CT molecular complexity index is 812. The van der Waals surface area contributed by atoms with Gasteiger partial charge in [0.05, 0.1) is 18.8 Å². The van der Waals surface area contributed by atoms with E-state index in [0.29, 0.717) is 24.7 Å². The van der Waals surface area contributed by atoms with E-state index >= 15 is 0 Å². The average molecular weight is 508 g/mol. The van der Waals surface area contributed by atoms with E-state index in [0.717, 1.165) is 30.9 Å².